The lowest BCUT2D eigenvalue weighted by Crippen LogP contribution is -2.29. The lowest BCUT2D eigenvalue weighted by molar-refractivity contribution is -0.142. The minimum Gasteiger partial charge on any atom is -0.497 e. The molecular formula is C97H100N3O15PSi2. The van der Waals surface area contributed by atoms with Gasteiger partial charge in [0.05, 0.1) is 76.8 Å². The Bertz CT molecular complexity index is 5430. The Morgan fingerprint density at radius 3 is 1.40 bits per heavy atom. The zero-order valence-electron chi connectivity index (χ0n) is 68.6. The first-order valence-corrected chi connectivity index (χ1v) is 43.4. The van der Waals surface area contributed by atoms with E-state index in [1.807, 2.05) is 85.8 Å². The third-order valence-electron chi connectivity index (χ3n) is 19.5. The fourth-order valence-electron chi connectivity index (χ4n) is 13.0. The van der Waals surface area contributed by atoms with Crippen LogP contribution < -0.4 is 49.5 Å². The number of hydrogen-bond donors (Lipinski definition) is 3. The average Bonchev–Trinajstić information content (AvgIpc) is 1.55. The molecule has 12 aromatic carbocycles. The minimum atomic E-state index is -4.53. The summed E-state index contributed by atoms with van der Waals surface area (Å²) in [6, 6.07) is 85.5. The largest absolute Gasteiger partial charge is 0.584 e. The number of aliphatic imine (C=N–C) groups is 1. The molecular weight excluding hydrogens is 1530 g/mol. The van der Waals surface area contributed by atoms with Crippen LogP contribution >= 0.6 is 7.82 Å². The number of nitrogens with one attached hydrogen (secondary N) is 1. The molecule has 0 saturated carbocycles. The monoisotopic (exact) mass is 1630 g/mol. The number of anilines is 2. The third kappa shape index (κ3) is 23.7. The number of carbonyl (C=O) groups is 6. The van der Waals surface area contributed by atoms with Gasteiger partial charge in [-0.1, -0.05) is 271 Å². The average molecular weight is 1640 g/mol. The highest BCUT2D eigenvalue weighted by Gasteiger charge is 2.58. The first-order valence-electron chi connectivity index (χ1n) is 39.0. The van der Waals surface area contributed by atoms with E-state index in [2.05, 4.69) is 137 Å². The van der Waals surface area contributed by atoms with Gasteiger partial charge in [0.25, 0.3) is 0 Å². The second-order valence-electron chi connectivity index (χ2n) is 30.0. The number of aliphatic hydroxyl groups is 1. The topological polar surface area (TPSA) is 243 Å². The van der Waals surface area contributed by atoms with E-state index in [0.29, 0.717) is 40.3 Å². The van der Waals surface area contributed by atoms with Gasteiger partial charge >= 0.3 is 19.8 Å². The van der Waals surface area contributed by atoms with Crippen molar-refractivity contribution in [3.8, 4) is 34.1 Å². The van der Waals surface area contributed by atoms with Crippen LogP contribution in [-0.4, -0.2) is 110 Å². The van der Waals surface area contributed by atoms with Gasteiger partial charge in [0, 0.05) is 45.6 Å². The summed E-state index contributed by atoms with van der Waals surface area (Å²) < 4.78 is 46.4. The van der Waals surface area contributed by atoms with E-state index in [-0.39, 0.29) is 65.4 Å². The first kappa shape index (κ1) is 87.9. The van der Waals surface area contributed by atoms with Crippen LogP contribution in [0.25, 0.3) is 32.7 Å². The van der Waals surface area contributed by atoms with Crippen LogP contribution in [0.4, 0.5) is 17.1 Å². The van der Waals surface area contributed by atoms with E-state index in [9.17, 15) is 38.2 Å². The maximum Gasteiger partial charge on any atom is 0.584 e. The van der Waals surface area contributed by atoms with Crippen molar-refractivity contribution in [1.82, 2.24) is 0 Å². The standard InChI is InChI=1S/C40H41O4PSi2.2C19H19NO4.C15H13NO2.C4H8O/c1-39(2,3)27-15-19-29(20-16-27)46-33-23-25-11-7-9-13-31(25)35-36-32-14-10-8-12-26(32)24-34(38(36)44-45(41,42)43-37(33)35)47-30-21-17-28(18-22-30)40(4,5)6;1-3-24-19(22)17-16(18(21)13-7-5-4-6-8-13)20(17)14-9-11-15(23-2)12-10-14;1-2-24-18(22)12-17(19(23)15-6-4-3-5-7-15)20-16-10-8-14(13-21)9-11-16;1-18-14-9-7-13(8-10-14)16-11-15(17)12-5-3-2-4-6-12;1-3-4(2)5/h7-24H,46-47H2,1-6H3,(H,41,42);4-12,16-17H,3H2,1-2H3;3-12,20-21H,2,13H2,1H3;2-11H,1H3;3H2,1-2H3/b;;17-12-;;/t;16-,17+,20?;;;/m.0.../s1. The Labute approximate surface area is 694 Å². The molecule has 14 rings (SSSR count). The summed E-state index contributed by atoms with van der Waals surface area (Å²) in [5.74, 6) is 1.23. The zero-order chi connectivity index (χ0) is 84.7. The van der Waals surface area contributed by atoms with Crippen LogP contribution in [0.5, 0.6) is 23.0 Å². The predicted molar refractivity (Wildman–Crippen MR) is 479 cm³/mol. The number of allylic oxidation sites excluding steroid dienone is 1. The molecule has 3 N–H and O–H groups in total. The number of phosphoric acid groups is 1. The molecule has 21 heteroatoms. The van der Waals surface area contributed by atoms with Crippen molar-refractivity contribution in [3.63, 3.8) is 0 Å². The van der Waals surface area contributed by atoms with Crippen molar-refractivity contribution < 1.29 is 71.3 Å². The van der Waals surface area contributed by atoms with Crippen molar-refractivity contribution in [2.45, 2.75) is 105 Å². The van der Waals surface area contributed by atoms with Crippen LogP contribution in [0.1, 0.15) is 123 Å². The molecule has 0 bridgehead atoms. The molecule has 1 saturated heterocycles. The lowest BCUT2D eigenvalue weighted by Gasteiger charge is -2.20. The molecule has 0 aliphatic carbocycles. The van der Waals surface area contributed by atoms with Crippen LogP contribution in [-0.2, 0) is 45.9 Å². The predicted octanol–water partition coefficient (Wildman–Crippen LogP) is 16.3. The summed E-state index contributed by atoms with van der Waals surface area (Å²) in [6.07, 6.45) is 3.15. The lowest BCUT2D eigenvalue weighted by atomic mass is 9.87. The molecule has 0 unspecified atom stereocenters. The van der Waals surface area contributed by atoms with E-state index < -0.39 is 44.9 Å². The Balaban J connectivity index is 0.000000175. The Morgan fingerprint density at radius 2 is 0.966 bits per heavy atom. The van der Waals surface area contributed by atoms with Crippen molar-refractivity contribution in [2.75, 3.05) is 37.7 Å². The van der Waals surface area contributed by atoms with E-state index in [0.717, 1.165) is 77.6 Å². The van der Waals surface area contributed by atoms with Crippen molar-refractivity contribution in [2.24, 2.45) is 4.99 Å². The van der Waals surface area contributed by atoms with Crippen molar-refractivity contribution >= 4 is 128 Å². The first-order chi connectivity index (χ1) is 56.6. The summed E-state index contributed by atoms with van der Waals surface area (Å²) in [6.45, 7) is 20.7. The van der Waals surface area contributed by atoms with Crippen LogP contribution in [0.15, 0.2) is 290 Å². The van der Waals surface area contributed by atoms with Crippen LogP contribution in [0, 0.1) is 0 Å². The Kier molecular flexibility index (Phi) is 30.5. The van der Waals surface area contributed by atoms with Gasteiger partial charge in [-0.3, -0.25) is 24.3 Å². The van der Waals surface area contributed by atoms with E-state index in [1.165, 1.54) is 27.7 Å². The maximum absolute atomic E-state index is 13.9. The number of methoxy groups -OCH3 is 2. The number of aliphatic hydroxyl groups excluding tert-OH is 1. The van der Waals surface area contributed by atoms with Gasteiger partial charge in [-0.2, -0.15) is 0 Å². The molecule has 2 aliphatic rings. The summed E-state index contributed by atoms with van der Waals surface area (Å²) >= 11 is 0. The van der Waals surface area contributed by atoms with Gasteiger partial charge in [0.2, 0.25) is 11.6 Å². The molecule has 118 heavy (non-hydrogen) atoms. The fourth-order valence-corrected chi connectivity index (χ4v) is 17.5. The van der Waals surface area contributed by atoms with Gasteiger partial charge in [-0.05, 0) is 141 Å². The molecule has 2 atom stereocenters. The number of benzene rings is 12. The number of carbonyl (C=O) groups excluding carboxylic acids is 6. The summed E-state index contributed by atoms with van der Waals surface area (Å²) in [5.41, 5.74) is 9.08. The number of Topliss-reactive ketones (excluding diaryl/α,β-unsaturated/α-hetero) is 4. The second kappa shape index (κ2) is 40.9. The molecule has 606 valence electrons. The number of phosphoric ester groups is 1. The quantitative estimate of drug-likeness (QED) is 0.0109. The molecule has 2 heterocycles. The molecule has 12 aromatic rings. The summed E-state index contributed by atoms with van der Waals surface area (Å²) in [7, 11) is -3.55. The van der Waals surface area contributed by atoms with Crippen molar-refractivity contribution in [3.05, 3.63) is 318 Å². The highest BCUT2D eigenvalue weighted by Crippen LogP contribution is 2.56. The molecule has 0 amide bonds. The number of ether oxygens (including phenoxy) is 4. The van der Waals surface area contributed by atoms with Gasteiger partial charge < -0.3 is 48.1 Å². The molecule has 0 radical (unpaired) electrons. The highest BCUT2D eigenvalue weighted by atomic mass is 31.2. The molecule has 2 aliphatic heterocycles. The molecule has 18 nitrogen and oxygen atoms in total. The van der Waals surface area contributed by atoms with Crippen LogP contribution in [0.3, 0.4) is 0 Å². The summed E-state index contributed by atoms with van der Waals surface area (Å²) in [5, 5.41) is 20.6. The number of nitrogens with zero attached hydrogens (tertiary/aromatic N) is 2. The number of fused-ring (bicyclic) bond motifs is 7. The minimum absolute atomic E-state index is 0.0600. The van der Waals surface area contributed by atoms with E-state index >= 15 is 0 Å². The molecule has 0 spiro atoms. The second-order valence-corrected chi connectivity index (χ2v) is 35.2. The van der Waals surface area contributed by atoms with E-state index in [4.69, 9.17) is 33.1 Å². The Morgan fingerprint density at radius 1 is 0.534 bits per heavy atom. The van der Waals surface area contributed by atoms with Crippen LogP contribution in [0.2, 0.25) is 0 Å². The van der Waals surface area contributed by atoms with Crippen molar-refractivity contribution in [1.29, 1.82) is 0 Å². The van der Waals surface area contributed by atoms with Gasteiger partial charge in [0.1, 0.15) is 34.8 Å². The summed E-state index contributed by atoms with van der Waals surface area (Å²) in [4.78, 5) is 88.2. The number of ketones is 4. The third-order valence-corrected chi connectivity index (χ3v) is 23.9. The zero-order valence-corrected chi connectivity index (χ0v) is 72.3. The number of rotatable bonds is 22. The smallest absolute Gasteiger partial charge is 0.497 e. The highest BCUT2D eigenvalue weighted by molar-refractivity contribution is 7.48. The fraction of sp³-hybridized carbons (Fsp3) is 0.206. The molecule has 0 aromatic heterocycles. The SMILES string of the molecule is CC(C)(C)c1ccc([SiH2]c2cc3ccccc3c3c2OP(=O)(O)Oc2c([SiH2]c4ccc(C(C)(C)C)cc4)cc4ccccc4c2-3)cc1.CCC(C)=O.CCOC(=O)/C=C(\Nc1ccc(CO)cc1)C(=O)c1ccccc1.CCOC(=O)[C@H]1[C@@H](C(=O)c2ccccc2)N1c1ccc(OC)cc1.COc1ccc(N=CC(=O)c2ccccc2)cc1. The Hall–Kier alpha value is -12.4. The number of hydrogen-bond acceptors (Lipinski definition) is 17. The number of esters is 2. The molecule has 1 fully saturated rings. The van der Waals surface area contributed by atoms with Gasteiger partial charge in [-0.15, -0.1) is 0 Å². The maximum atomic E-state index is 13.9. The van der Waals surface area contributed by atoms with Gasteiger partial charge in [-0.25, -0.2) is 14.2 Å². The van der Waals surface area contributed by atoms with E-state index in [1.54, 1.807) is 149 Å². The normalized spacial score (nSPS) is 14.7. The van der Waals surface area contributed by atoms with Gasteiger partial charge in [0.15, 0.2) is 11.8 Å².